The molecule has 0 spiro atoms. The molecule has 106 valence electrons. The van der Waals surface area contributed by atoms with Gasteiger partial charge in [0, 0.05) is 22.7 Å². The van der Waals surface area contributed by atoms with E-state index >= 15 is 0 Å². The van der Waals surface area contributed by atoms with E-state index in [2.05, 4.69) is 19.2 Å². The SMILES string of the molecule is CCC(NC(C)c1cccc(Cl)c1)c1ccccc1F. The average Bonchev–Trinajstić information content (AvgIpc) is 2.45. The third-order valence-corrected chi connectivity index (χ3v) is 3.72. The summed E-state index contributed by atoms with van der Waals surface area (Å²) in [6.07, 6.45) is 0.825. The van der Waals surface area contributed by atoms with Crippen LogP contribution in [0.15, 0.2) is 48.5 Å². The Morgan fingerprint density at radius 2 is 1.90 bits per heavy atom. The molecule has 0 bridgehead atoms. The summed E-state index contributed by atoms with van der Waals surface area (Å²) in [6.45, 7) is 4.12. The van der Waals surface area contributed by atoms with E-state index in [0.717, 1.165) is 17.0 Å². The lowest BCUT2D eigenvalue weighted by Gasteiger charge is -2.23. The molecular weight excluding hydrogens is 273 g/mol. The van der Waals surface area contributed by atoms with Crippen molar-refractivity contribution in [1.29, 1.82) is 0 Å². The highest BCUT2D eigenvalue weighted by Crippen LogP contribution is 2.25. The summed E-state index contributed by atoms with van der Waals surface area (Å²) < 4.78 is 13.9. The smallest absolute Gasteiger partial charge is 0.127 e. The van der Waals surface area contributed by atoms with Gasteiger partial charge in [0.15, 0.2) is 0 Å². The van der Waals surface area contributed by atoms with Crippen LogP contribution in [0.5, 0.6) is 0 Å². The molecule has 1 nitrogen and oxygen atoms in total. The lowest BCUT2D eigenvalue weighted by atomic mass is 10.0. The molecule has 2 rings (SSSR count). The number of benzene rings is 2. The zero-order valence-corrected chi connectivity index (χ0v) is 12.5. The molecule has 2 unspecified atom stereocenters. The molecule has 0 aliphatic rings. The zero-order chi connectivity index (χ0) is 14.5. The van der Waals surface area contributed by atoms with Gasteiger partial charge < -0.3 is 5.32 Å². The molecule has 0 saturated heterocycles. The van der Waals surface area contributed by atoms with Crippen LogP contribution < -0.4 is 5.32 Å². The second kappa shape index (κ2) is 6.87. The maximum atomic E-state index is 13.9. The molecule has 2 aromatic carbocycles. The summed E-state index contributed by atoms with van der Waals surface area (Å²) in [4.78, 5) is 0. The fourth-order valence-corrected chi connectivity index (χ4v) is 2.56. The summed E-state index contributed by atoms with van der Waals surface area (Å²) in [6, 6.07) is 14.8. The van der Waals surface area contributed by atoms with Gasteiger partial charge in [-0.2, -0.15) is 0 Å². The highest BCUT2D eigenvalue weighted by atomic mass is 35.5. The topological polar surface area (TPSA) is 12.0 Å². The van der Waals surface area contributed by atoms with Crippen LogP contribution in [0, 0.1) is 5.82 Å². The molecule has 2 aromatic rings. The molecule has 0 fully saturated rings. The van der Waals surface area contributed by atoms with Crippen LogP contribution in [0.25, 0.3) is 0 Å². The fourth-order valence-electron chi connectivity index (χ4n) is 2.36. The van der Waals surface area contributed by atoms with Crippen molar-refractivity contribution in [3.8, 4) is 0 Å². The first-order valence-electron chi connectivity index (χ1n) is 6.87. The standard InChI is InChI=1S/C17H19ClFN/c1-3-17(15-9-4-5-10-16(15)19)20-12(2)13-7-6-8-14(18)11-13/h4-12,17,20H,3H2,1-2H3. The van der Waals surface area contributed by atoms with Gasteiger partial charge in [-0.3, -0.25) is 0 Å². The maximum Gasteiger partial charge on any atom is 0.127 e. The van der Waals surface area contributed by atoms with Crippen LogP contribution in [0.3, 0.4) is 0 Å². The molecule has 3 heteroatoms. The molecule has 0 saturated carbocycles. The Morgan fingerprint density at radius 3 is 2.55 bits per heavy atom. The highest BCUT2D eigenvalue weighted by molar-refractivity contribution is 6.30. The van der Waals surface area contributed by atoms with Crippen LogP contribution in [0.1, 0.15) is 43.5 Å². The predicted octanol–water partition coefficient (Wildman–Crippen LogP) is 5.28. The quantitative estimate of drug-likeness (QED) is 0.790. The third kappa shape index (κ3) is 3.59. The molecule has 0 radical (unpaired) electrons. The Morgan fingerprint density at radius 1 is 1.15 bits per heavy atom. The third-order valence-electron chi connectivity index (χ3n) is 3.49. The van der Waals surface area contributed by atoms with Gasteiger partial charge in [0.2, 0.25) is 0 Å². The first-order chi connectivity index (χ1) is 9.61. The Bertz CT molecular complexity index is 570. The fraction of sp³-hybridized carbons (Fsp3) is 0.294. The predicted molar refractivity (Wildman–Crippen MR) is 82.4 cm³/mol. The van der Waals surface area contributed by atoms with Crippen LogP contribution in [-0.2, 0) is 0 Å². The van der Waals surface area contributed by atoms with Crippen molar-refractivity contribution in [1.82, 2.24) is 5.32 Å². The lowest BCUT2D eigenvalue weighted by Crippen LogP contribution is -2.25. The minimum atomic E-state index is -0.162. The molecule has 0 aliphatic heterocycles. The normalized spacial score (nSPS) is 14.0. The van der Waals surface area contributed by atoms with Crippen molar-refractivity contribution in [3.05, 3.63) is 70.5 Å². The molecule has 2 atom stereocenters. The van der Waals surface area contributed by atoms with E-state index in [1.807, 2.05) is 36.4 Å². The Kier molecular flexibility index (Phi) is 5.16. The van der Waals surface area contributed by atoms with Gasteiger partial charge in [-0.25, -0.2) is 4.39 Å². The molecule has 0 aromatic heterocycles. The molecule has 20 heavy (non-hydrogen) atoms. The molecule has 0 aliphatic carbocycles. The minimum Gasteiger partial charge on any atom is -0.303 e. The Labute approximate surface area is 124 Å². The zero-order valence-electron chi connectivity index (χ0n) is 11.7. The minimum absolute atomic E-state index is 0.00909. The van der Waals surface area contributed by atoms with Gasteiger partial charge in [-0.1, -0.05) is 48.9 Å². The summed E-state index contributed by atoms with van der Waals surface area (Å²) >= 11 is 6.01. The summed E-state index contributed by atoms with van der Waals surface area (Å²) in [5.41, 5.74) is 1.82. The first kappa shape index (κ1) is 15.0. The number of hydrogen-bond donors (Lipinski definition) is 1. The largest absolute Gasteiger partial charge is 0.303 e. The monoisotopic (exact) mass is 291 g/mol. The summed E-state index contributed by atoms with van der Waals surface area (Å²) in [5.74, 6) is -0.162. The van der Waals surface area contributed by atoms with Crippen molar-refractivity contribution in [2.24, 2.45) is 0 Å². The second-order valence-electron chi connectivity index (χ2n) is 4.93. The van der Waals surface area contributed by atoms with E-state index in [1.54, 1.807) is 6.07 Å². The van der Waals surface area contributed by atoms with Crippen LogP contribution in [-0.4, -0.2) is 0 Å². The van der Waals surface area contributed by atoms with Crippen molar-refractivity contribution in [2.45, 2.75) is 32.4 Å². The number of rotatable bonds is 5. The van der Waals surface area contributed by atoms with E-state index in [4.69, 9.17) is 11.6 Å². The van der Waals surface area contributed by atoms with Gasteiger partial charge in [-0.15, -0.1) is 0 Å². The van der Waals surface area contributed by atoms with Crippen molar-refractivity contribution in [2.75, 3.05) is 0 Å². The average molecular weight is 292 g/mol. The van der Waals surface area contributed by atoms with Gasteiger partial charge in [-0.05, 0) is 37.1 Å². The summed E-state index contributed by atoms with van der Waals surface area (Å²) in [5, 5.41) is 4.19. The summed E-state index contributed by atoms with van der Waals surface area (Å²) in [7, 11) is 0. The van der Waals surface area contributed by atoms with Gasteiger partial charge in [0.25, 0.3) is 0 Å². The van der Waals surface area contributed by atoms with E-state index in [9.17, 15) is 4.39 Å². The van der Waals surface area contributed by atoms with Crippen LogP contribution in [0.4, 0.5) is 4.39 Å². The highest BCUT2D eigenvalue weighted by Gasteiger charge is 2.16. The maximum absolute atomic E-state index is 13.9. The van der Waals surface area contributed by atoms with Crippen molar-refractivity contribution in [3.63, 3.8) is 0 Å². The van der Waals surface area contributed by atoms with Gasteiger partial charge in [0.1, 0.15) is 5.82 Å². The Hall–Kier alpha value is -1.38. The van der Waals surface area contributed by atoms with Gasteiger partial charge >= 0.3 is 0 Å². The lowest BCUT2D eigenvalue weighted by molar-refractivity contribution is 0.439. The van der Waals surface area contributed by atoms with Crippen molar-refractivity contribution >= 4 is 11.6 Å². The number of halogens is 2. The van der Waals surface area contributed by atoms with E-state index in [-0.39, 0.29) is 17.9 Å². The van der Waals surface area contributed by atoms with E-state index < -0.39 is 0 Å². The molecule has 0 amide bonds. The van der Waals surface area contributed by atoms with Crippen molar-refractivity contribution < 1.29 is 4.39 Å². The number of hydrogen-bond acceptors (Lipinski definition) is 1. The van der Waals surface area contributed by atoms with Crippen LogP contribution >= 0.6 is 11.6 Å². The Balaban J connectivity index is 2.16. The first-order valence-corrected chi connectivity index (χ1v) is 7.25. The molecule has 0 heterocycles. The number of nitrogens with one attached hydrogen (secondary N) is 1. The van der Waals surface area contributed by atoms with Gasteiger partial charge in [0.05, 0.1) is 0 Å². The molecule has 1 N–H and O–H groups in total. The second-order valence-corrected chi connectivity index (χ2v) is 5.36. The van der Waals surface area contributed by atoms with E-state index in [1.165, 1.54) is 6.07 Å². The van der Waals surface area contributed by atoms with Crippen LogP contribution in [0.2, 0.25) is 5.02 Å². The van der Waals surface area contributed by atoms with E-state index in [0.29, 0.717) is 5.56 Å². The molecular formula is C17H19ClFN.